The number of likely N-dealkylation sites (N-methyl/N-ethyl adjacent to an activating group) is 1. The number of aromatic nitrogens is 2. The van der Waals surface area contributed by atoms with Crippen molar-refractivity contribution in [3.8, 4) is 0 Å². The maximum atomic E-state index is 11.9. The van der Waals surface area contributed by atoms with E-state index in [-0.39, 0.29) is 5.91 Å². The minimum Gasteiger partial charge on any atom is -0.396 e. The van der Waals surface area contributed by atoms with Crippen molar-refractivity contribution in [1.82, 2.24) is 15.1 Å². The Morgan fingerprint density at radius 3 is 2.93 bits per heavy atom. The third-order valence-electron chi connectivity index (χ3n) is 2.12. The molecule has 0 saturated carbocycles. The second-order valence-corrected chi connectivity index (χ2v) is 3.08. The molecule has 84 valence electrons. The van der Waals surface area contributed by atoms with Crippen LogP contribution in [0.2, 0.25) is 0 Å². The molecule has 0 unspecified atom stereocenters. The van der Waals surface area contributed by atoms with Gasteiger partial charge in [-0.3, -0.25) is 9.89 Å². The van der Waals surface area contributed by atoms with Crippen molar-refractivity contribution < 1.29 is 9.53 Å². The fourth-order valence-electron chi connectivity index (χ4n) is 1.23. The zero-order valence-electron chi connectivity index (χ0n) is 8.99. The number of methoxy groups -OCH3 is 1. The number of nitrogen functional groups attached to an aromatic ring is 1. The number of carbonyl (C=O) groups is 1. The number of nitrogens with zero attached hydrogens (tertiary/aromatic N) is 2. The lowest BCUT2D eigenvalue weighted by molar-refractivity contribution is 0.0701. The van der Waals surface area contributed by atoms with Gasteiger partial charge in [-0.25, -0.2) is 0 Å². The molecule has 6 heteroatoms. The molecular formula is C9H16N4O2. The predicted octanol–water partition coefficient (Wildman–Crippen LogP) is 0.100. The molecule has 1 amide bonds. The van der Waals surface area contributed by atoms with E-state index in [0.29, 0.717) is 31.1 Å². The molecule has 1 aromatic rings. The summed E-state index contributed by atoms with van der Waals surface area (Å²) < 4.78 is 4.92. The van der Waals surface area contributed by atoms with E-state index in [2.05, 4.69) is 10.2 Å². The Morgan fingerprint density at radius 2 is 2.47 bits per heavy atom. The normalized spacial score (nSPS) is 10.3. The van der Waals surface area contributed by atoms with E-state index in [9.17, 15) is 4.79 Å². The van der Waals surface area contributed by atoms with Gasteiger partial charge in [-0.05, 0) is 6.92 Å². The zero-order valence-corrected chi connectivity index (χ0v) is 8.99. The molecule has 0 spiro atoms. The van der Waals surface area contributed by atoms with Crippen molar-refractivity contribution in [2.45, 2.75) is 6.92 Å². The van der Waals surface area contributed by atoms with Crippen LogP contribution in [0.3, 0.4) is 0 Å². The van der Waals surface area contributed by atoms with Crippen LogP contribution in [0.4, 0.5) is 5.69 Å². The molecule has 0 saturated heterocycles. The molecule has 0 fully saturated rings. The molecule has 0 aliphatic carbocycles. The molecule has 0 aromatic carbocycles. The van der Waals surface area contributed by atoms with Gasteiger partial charge in [0.05, 0.1) is 18.5 Å². The van der Waals surface area contributed by atoms with Crippen molar-refractivity contribution in [1.29, 1.82) is 0 Å². The number of amides is 1. The van der Waals surface area contributed by atoms with Gasteiger partial charge in [0.15, 0.2) is 0 Å². The van der Waals surface area contributed by atoms with Crippen LogP contribution in [-0.4, -0.2) is 47.8 Å². The molecule has 0 radical (unpaired) electrons. The number of rotatable bonds is 5. The average Bonchev–Trinajstić information content (AvgIpc) is 2.65. The third-order valence-corrected chi connectivity index (χ3v) is 2.12. The monoisotopic (exact) mass is 212 g/mol. The smallest absolute Gasteiger partial charge is 0.274 e. The fraction of sp³-hybridized carbons (Fsp3) is 0.556. The van der Waals surface area contributed by atoms with Crippen LogP contribution >= 0.6 is 0 Å². The number of hydrogen-bond acceptors (Lipinski definition) is 4. The van der Waals surface area contributed by atoms with E-state index in [1.807, 2.05) is 6.92 Å². The zero-order chi connectivity index (χ0) is 11.3. The minimum absolute atomic E-state index is 0.149. The van der Waals surface area contributed by atoms with E-state index >= 15 is 0 Å². The number of nitrogens with one attached hydrogen (secondary N) is 1. The molecular weight excluding hydrogens is 196 g/mol. The maximum Gasteiger partial charge on any atom is 0.274 e. The van der Waals surface area contributed by atoms with Crippen LogP contribution in [0.25, 0.3) is 0 Å². The lowest BCUT2D eigenvalue weighted by atomic mass is 10.3. The quantitative estimate of drug-likeness (QED) is 0.725. The molecule has 0 atom stereocenters. The number of anilines is 1. The Bertz CT molecular complexity index is 324. The lowest BCUT2D eigenvalue weighted by Gasteiger charge is -2.19. The molecule has 3 N–H and O–H groups in total. The number of aromatic amines is 1. The number of hydrogen-bond donors (Lipinski definition) is 2. The first-order valence-corrected chi connectivity index (χ1v) is 4.77. The standard InChI is InChI=1S/C9H16N4O2/c1-3-13(4-5-15-2)9(14)8-7(10)6-11-12-8/h6H,3-5,10H2,1-2H3,(H,11,12). The number of ether oxygens (including phenoxy) is 1. The van der Waals surface area contributed by atoms with E-state index in [1.54, 1.807) is 12.0 Å². The van der Waals surface area contributed by atoms with E-state index in [0.717, 1.165) is 0 Å². The van der Waals surface area contributed by atoms with Crippen LogP contribution in [-0.2, 0) is 4.74 Å². The third kappa shape index (κ3) is 2.69. The summed E-state index contributed by atoms with van der Waals surface area (Å²) in [7, 11) is 1.60. The van der Waals surface area contributed by atoms with Crippen molar-refractivity contribution in [3.63, 3.8) is 0 Å². The Morgan fingerprint density at radius 1 is 1.73 bits per heavy atom. The van der Waals surface area contributed by atoms with Crippen molar-refractivity contribution in [2.75, 3.05) is 32.5 Å². The highest BCUT2D eigenvalue weighted by atomic mass is 16.5. The first-order valence-electron chi connectivity index (χ1n) is 4.77. The van der Waals surface area contributed by atoms with Gasteiger partial charge in [0.25, 0.3) is 5.91 Å². The second kappa shape index (κ2) is 5.35. The topological polar surface area (TPSA) is 84.2 Å². The molecule has 6 nitrogen and oxygen atoms in total. The maximum absolute atomic E-state index is 11.9. The van der Waals surface area contributed by atoms with E-state index in [4.69, 9.17) is 10.5 Å². The Kier molecular flexibility index (Phi) is 4.11. The van der Waals surface area contributed by atoms with Gasteiger partial charge in [0.2, 0.25) is 0 Å². The first-order chi connectivity index (χ1) is 7.20. The summed E-state index contributed by atoms with van der Waals surface area (Å²) >= 11 is 0. The highest BCUT2D eigenvalue weighted by Crippen LogP contribution is 2.09. The summed E-state index contributed by atoms with van der Waals surface area (Å²) in [6.07, 6.45) is 1.43. The van der Waals surface area contributed by atoms with Crippen LogP contribution < -0.4 is 5.73 Å². The molecule has 1 heterocycles. The van der Waals surface area contributed by atoms with Crippen molar-refractivity contribution in [2.24, 2.45) is 0 Å². The summed E-state index contributed by atoms with van der Waals surface area (Å²) in [6.45, 7) is 3.57. The van der Waals surface area contributed by atoms with Gasteiger partial charge in [0, 0.05) is 20.2 Å². The lowest BCUT2D eigenvalue weighted by Crippen LogP contribution is -2.34. The van der Waals surface area contributed by atoms with E-state index < -0.39 is 0 Å². The molecule has 1 rings (SSSR count). The SMILES string of the molecule is CCN(CCOC)C(=O)c1[nH]ncc1N. The second-order valence-electron chi connectivity index (χ2n) is 3.08. The van der Waals surface area contributed by atoms with Crippen LogP contribution in [0.5, 0.6) is 0 Å². The van der Waals surface area contributed by atoms with E-state index in [1.165, 1.54) is 6.20 Å². The van der Waals surface area contributed by atoms with Crippen LogP contribution in [0, 0.1) is 0 Å². The van der Waals surface area contributed by atoms with Crippen molar-refractivity contribution in [3.05, 3.63) is 11.9 Å². The molecule has 1 aromatic heterocycles. The molecule has 0 aliphatic rings. The summed E-state index contributed by atoms with van der Waals surface area (Å²) in [5.74, 6) is -0.149. The van der Waals surface area contributed by atoms with Gasteiger partial charge in [-0.1, -0.05) is 0 Å². The Labute approximate surface area is 88.4 Å². The highest BCUT2D eigenvalue weighted by Gasteiger charge is 2.17. The number of carbonyl (C=O) groups excluding carboxylic acids is 1. The Balaban J connectivity index is 2.69. The predicted molar refractivity (Wildman–Crippen MR) is 56.5 cm³/mol. The average molecular weight is 212 g/mol. The molecule has 0 bridgehead atoms. The van der Waals surface area contributed by atoms with Gasteiger partial charge >= 0.3 is 0 Å². The molecule has 15 heavy (non-hydrogen) atoms. The summed E-state index contributed by atoms with van der Waals surface area (Å²) in [5, 5.41) is 6.30. The number of H-pyrrole nitrogens is 1. The summed E-state index contributed by atoms with van der Waals surface area (Å²) in [6, 6.07) is 0. The largest absolute Gasteiger partial charge is 0.396 e. The fourth-order valence-corrected chi connectivity index (χ4v) is 1.23. The van der Waals surface area contributed by atoms with Gasteiger partial charge in [0.1, 0.15) is 5.69 Å². The van der Waals surface area contributed by atoms with Crippen molar-refractivity contribution >= 4 is 11.6 Å². The highest BCUT2D eigenvalue weighted by molar-refractivity contribution is 5.96. The Hall–Kier alpha value is -1.56. The van der Waals surface area contributed by atoms with Gasteiger partial charge in [-0.2, -0.15) is 5.10 Å². The minimum atomic E-state index is -0.149. The molecule has 0 aliphatic heterocycles. The number of nitrogens with two attached hydrogens (primary N) is 1. The van der Waals surface area contributed by atoms with Crippen LogP contribution in [0.15, 0.2) is 6.20 Å². The first kappa shape index (κ1) is 11.5. The van der Waals surface area contributed by atoms with Gasteiger partial charge in [-0.15, -0.1) is 0 Å². The summed E-state index contributed by atoms with van der Waals surface area (Å²) in [4.78, 5) is 13.5. The van der Waals surface area contributed by atoms with Gasteiger partial charge < -0.3 is 15.4 Å². The van der Waals surface area contributed by atoms with Crippen LogP contribution in [0.1, 0.15) is 17.4 Å². The summed E-state index contributed by atoms with van der Waals surface area (Å²) in [5.41, 5.74) is 6.30.